The van der Waals surface area contributed by atoms with E-state index in [0.717, 1.165) is 11.0 Å². The zero-order valence-corrected chi connectivity index (χ0v) is 12.0. The van der Waals surface area contributed by atoms with Crippen molar-refractivity contribution in [1.29, 1.82) is 0 Å². The maximum atomic E-state index is 9.99. The van der Waals surface area contributed by atoms with Crippen molar-refractivity contribution >= 4 is 27.3 Å². The lowest BCUT2D eigenvalue weighted by molar-refractivity contribution is 0.0248. The van der Waals surface area contributed by atoms with E-state index in [-0.39, 0.29) is 0 Å². The van der Waals surface area contributed by atoms with Gasteiger partial charge in [-0.05, 0) is 34.3 Å². The van der Waals surface area contributed by atoms with Crippen molar-refractivity contribution in [2.24, 2.45) is 0 Å². The highest BCUT2D eigenvalue weighted by Gasteiger charge is 2.19. The van der Waals surface area contributed by atoms with E-state index in [0.29, 0.717) is 19.6 Å². The zero-order chi connectivity index (χ0) is 12.0. The summed E-state index contributed by atoms with van der Waals surface area (Å²) in [6.45, 7) is 3.75. The largest absolute Gasteiger partial charge is 0.389 e. The van der Waals surface area contributed by atoms with Gasteiger partial charge in [-0.1, -0.05) is 0 Å². The molecule has 16 heavy (non-hydrogen) atoms. The van der Waals surface area contributed by atoms with Gasteiger partial charge in [0, 0.05) is 42.6 Å². The van der Waals surface area contributed by atoms with Crippen LogP contribution in [-0.2, 0) is 11.3 Å². The summed E-state index contributed by atoms with van der Waals surface area (Å²) in [5.41, 5.74) is -0.709. The Kier molecular flexibility index (Phi) is 5.92. The lowest BCUT2D eigenvalue weighted by Crippen LogP contribution is -2.38. The van der Waals surface area contributed by atoms with Gasteiger partial charge in [-0.2, -0.15) is 0 Å². The van der Waals surface area contributed by atoms with Crippen LogP contribution in [0.5, 0.6) is 0 Å². The Labute approximate surface area is 109 Å². The van der Waals surface area contributed by atoms with Crippen LogP contribution in [0.4, 0.5) is 0 Å². The van der Waals surface area contributed by atoms with E-state index in [2.05, 4.69) is 21.2 Å². The van der Waals surface area contributed by atoms with Crippen LogP contribution in [0, 0.1) is 0 Å². The molecule has 0 spiro atoms. The van der Waals surface area contributed by atoms with E-state index in [1.807, 2.05) is 18.4 Å². The number of halogens is 1. The number of hydrogen-bond acceptors (Lipinski definition) is 4. The highest BCUT2D eigenvalue weighted by molar-refractivity contribution is 9.10. The molecule has 0 aliphatic carbocycles. The van der Waals surface area contributed by atoms with Crippen LogP contribution >= 0.6 is 27.3 Å². The van der Waals surface area contributed by atoms with Crippen LogP contribution in [0.25, 0.3) is 0 Å². The lowest BCUT2D eigenvalue weighted by atomic mass is 10.0. The van der Waals surface area contributed by atoms with E-state index in [4.69, 9.17) is 4.74 Å². The molecule has 0 aliphatic heterocycles. The molecule has 1 unspecified atom stereocenters. The van der Waals surface area contributed by atoms with Crippen molar-refractivity contribution in [3.8, 4) is 0 Å². The maximum absolute atomic E-state index is 9.99. The fourth-order valence-corrected chi connectivity index (χ4v) is 2.77. The van der Waals surface area contributed by atoms with Gasteiger partial charge in [0.2, 0.25) is 0 Å². The molecule has 0 saturated heterocycles. The summed E-state index contributed by atoms with van der Waals surface area (Å²) in [5, 5.41) is 15.3. The number of thiophene rings is 1. The molecule has 1 atom stereocenters. The summed E-state index contributed by atoms with van der Waals surface area (Å²) in [6, 6.07) is 2.03. The summed E-state index contributed by atoms with van der Waals surface area (Å²) in [5.74, 6) is 0. The number of aliphatic hydroxyl groups is 1. The second-order valence-corrected chi connectivity index (χ2v) is 5.89. The zero-order valence-electron chi connectivity index (χ0n) is 9.62. The van der Waals surface area contributed by atoms with Gasteiger partial charge in [-0.25, -0.2) is 0 Å². The molecule has 3 nitrogen and oxygen atoms in total. The smallest absolute Gasteiger partial charge is 0.0765 e. The molecule has 0 aromatic carbocycles. The predicted molar refractivity (Wildman–Crippen MR) is 70.8 cm³/mol. The average molecular weight is 308 g/mol. The van der Waals surface area contributed by atoms with Crippen LogP contribution in [0.2, 0.25) is 0 Å². The first-order chi connectivity index (χ1) is 7.55. The van der Waals surface area contributed by atoms with Crippen molar-refractivity contribution in [3.05, 3.63) is 20.8 Å². The Hall–Kier alpha value is 0.0600. The molecule has 1 heterocycles. The Bertz CT molecular complexity index is 315. The fraction of sp³-hybridized carbons (Fsp3) is 0.636. The number of nitrogens with one attached hydrogen (secondary N) is 1. The predicted octanol–water partition coefficient (Wildman–Crippen LogP) is 2.39. The van der Waals surface area contributed by atoms with Crippen LogP contribution in [-0.4, -0.2) is 31.0 Å². The molecule has 0 amide bonds. The second-order valence-electron chi connectivity index (χ2n) is 4.04. The molecule has 0 radical (unpaired) electrons. The van der Waals surface area contributed by atoms with Crippen LogP contribution < -0.4 is 5.32 Å². The van der Waals surface area contributed by atoms with Gasteiger partial charge in [-0.3, -0.25) is 0 Å². The van der Waals surface area contributed by atoms with E-state index >= 15 is 0 Å². The molecule has 0 aliphatic rings. The molecule has 1 rings (SSSR count). The molecular formula is C11H18BrNO2S. The molecule has 5 heteroatoms. The Morgan fingerprint density at radius 2 is 2.38 bits per heavy atom. The van der Waals surface area contributed by atoms with E-state index in [1.165, 1.54) is 4.88 Å². The Balaban J connectivity index is 2.27. The highest BCUT2D eigenvalue weighted by Crippen LogP contribution is 2.22. The van der Waals surface area contributed by atoms with Crippen molar-refractivity contribution in [2.45, 2.75) is 25.5 Å². The molecular weight excluding hydrogens is 290 g/mol. The van der Waals surface area contributed by atoms with Crippen LogP contribution in [0.3, 0.4) is 0 Å². The normalized spacial score (nSPS) is 15.0. The Morgan fingerprint density at radius 1 is 1.62 bits per heavy atom. The van der Waals surface area contributed by atoms with E-state index in [1.54, 1.807) is 18.4 Å². The molecule has 1 aromatic heterocycles. The SMILES string of the molecule is COCCC(C)(O)CNCc1sccc1Br. The minimum atomic E-state index is -0.709. The van der Waals surface area contributed by atoms with Gasteiger partial charge < -0.3 is 15.2 Å². The molecule has 0 bridgehead atoms. The first kappa shape index (κ1) is 14.1. The maximum Gasteiger partial charge on any atom is 0.0765 e. The summed E-state index contributed by atoms with van der Waals surface area (Å²) in [7, 11) is 1.65. The standard InChI is InChI=1S/C11H18BrNO2S/c1-11(14,4-5-15-2)8-13-7-10-9(12)3-6-16-10/h3,6,13-14H,4-5,7-8H2,1-2H3. The first-order valence-corrected chi connectivity index (χ1v) is 6.86. The quantitative estimate of drug-likeness (QED) is 0.813. The summed E-state index contributed by atoms with van der Waals surface area (Å²) in [4.78, 5) is 1.25. The third-order valence-corrected chi connectivity index (χ3v) is 4.25. The van der Waals surface area contributed by atoms with Crippen molar-refractivity contribution in [2.75, 3.05) is 20.3 Å². The molecule has 0 fully saturated rings. The fourth-order valence-electron chi connectivity index (χ4n) is 1.31. The highest BCUT2D eigenvalue weighted by atomic mass is 79.9. The van der Waals surface area contributed by atoms with Crippen molar-refractivity contribution in [3.63, 3.8) is 0 Å². The lowest BCUT2D eigenvalue weighted by Gasteiger charge is -2.23. The monoisotopic (exact) mass is 307 g/mol. The average Bonchev–Trinajstić information content (AvgIpc) is 2.62. The summed E-state index contributed by atoms with van der Waals surface area (Å²) >= 11 is 5.18. The molecule has 2 N–H and O–H groups in total. The van der Waals surface area contributed by atoms with Crippen LogP contribution in [0.1, 0.15) is 18.2 Å². The topological polar surface area (TPSA) is 41.5 Å². The number of rotatable bonds is 7. The summed E-state index contributed by atoms with van der Waals surface area (Å²) in [6.07, 6.45) is 0.641. The van der Waals surface area contributed by atoms with Crippen LogP contribution in [0.15, 0.2) is 15.9 Å². The van der Waals surface area contributed by atoms with E-state index in [9.17, 15) is 5.11 Å². The van der Waals surface area contributed by atoms with Gasteiger partial charge in [0.1, 0.15) is 0 Å². The van der Waals surface area contributed by atoms with Gasteiger partial charge >= 0.3 is 0 Å². The second kappa shape index (κ2) is 6.71. The first-order valence-electron chi connectivity index (χ1n) is 5.19. The van der Waals surface area contributed by atoms with Crippen molar-refractivity contribution in [1.82, 2.24) is 5.32 Å². The minimum absolute atomic E-state index is 0.570. The van der Waals surface area contributed by atoms with Gasteiger partial charge in [0.15, 0.2) is 0 Å². The molecule has 92 valence electrons. The third-order valence-electron chi connectivity index (χ3n) is 2.33. The van der Waals surface area contributed by atoms with E-state index < -0.39 is 5.60 Å². The molecule has 0 saturated carbocycles. The van der Waals surface area contributed by atoms with Gasteiger partial charge in [0.25, 0.3) is 0 Å². The number of ether oxygens (including phenoxy) is 1. The number of hydrogen-bond donors (Lipinski definition) is 2. The van der Waals surface area contributed by atoms with Gasteiger partial charge in [0.05, 0.1) is 5.60 Å². The van der Waals surface area contributed by atoms with Crippen molar-refractivity contribution < 1.29 is 9.84 Å². The van der Waals surface area contributed by atoms with Gasteiger partial charge in [-0.15, -0.1) is 11.3 Å². The summed E-state index contributed by atoms with van der Waals surface area (Å²) < 4.78 is 6.08. The third kappa shape index (κ3) is 4.93. The molecule has 1 aromatic rings. The minimum Gasteiger partial charge on any atom is -0.389 e. The Morgan fingerprint density at radius 3 is 2.94 bits per heavy atom. The number of methoxy groups -OCH3 is 1.